The molecule has 0 aliphatic carbocycles. The fourth-order valence-corrected chi connectivity index (χ4v) is 2.70. The van der Waals surface area contributed by atoms with E-state index in [1.54, 1.807) is 6.07 Å². The van der Waals surface area contributed by atoms with Crippen LogP contribution < -0.4 is 10.2 Å². The highest BCUT2D eigenvalue weighted by atomic mass is 16.6. The van der Waals surface area contributed by atoms with E-state index in [2.05, 4.69) is 22.2 Å². The van der Waals surface area contributed by atoms with E-state index in [0.29, 0.717) is 6.42 Å². The third-order valence-corrected chi connectivity index (χ3v) is 4.16. The van der Waals surface area contributed by atoms with Gasteiger partial charge in [-0.05, 0) is 19.5 Å². The largest absolute Gasteiger partial charge is 0.396 e. The minimum absolute atomic E-state index is 0.0208. The average molecular weight is 336 g/mol. The minimum atomic E-state index is -0.426. The molecule has 8 nitrogen and oxygen atoms in total. The van der Waals surface area contributed by atoms with E-state index in [9.17, 15) is 14.9 Å². The summed E-state index contributed by atoms with van der Waals surface area (Å²) in [5.41, 5.74) is 1.69. The number of nitrogens with one attached hydrogen (secondary N) is 1. The van der Waals surface area contributed by atoms with Crippen LogP contribution in [0.2, 0.25) is 0 Å². The summed E-state index contributed by atoms with van der Waals surface area (Å²) in [6.07, 6.45) is 0.654. The van der Waals surface area contributed by atoms with Crippen molar-refractivity contribution in [2.45, 2.75) is 19.4 Å². The Morgan fingerprint density at radius 1 is 1.33 bits per heavy atom. The Morgan fingerprint density at radius 3 is 2.67 bits per heavy atom. The number of non-ortho nitro benzene ring substituents is 1. The van der Waals surface area contributed by atoms with E-state index < -0.39 is 4.92 Å². The van der Waals surface area contributed by atoms with E-state index in [0.717, 1.165) is 37.4 Å². The molecule has 132 valence electrons. The number of aliphatic hydroxyl groups is 1. The summed E-state index contributed by atoms with van der Waals surface area (Å²) in [4.78, 5) is 26.8. The van der Waals surface area contributed by atoms with E-state index >= 15 is 0 Å². The highest BCUT2D eigenvalue weighted by Gasteiger charge is 2.19. The van der Waals surface area contributed by atoms with Gasteiger partial charge >= 0.3 is 0 Å². The van der Waals surface area contributed by atoms with Gasteiger partial charge in [0.05, 0.1) is 4.92 Å². The SMILES string of the molecule is CN1CCN(c2ccc([N+](=O)[O-])cc2CNC(=O)CCCO)CC1. The number of carbonyl (C=O) groups is 1. The first kappa shape index (κ1) is 18.2. The van der Waals surface area contributed by atoms with Crippen LogP contribution in [0, 0.1) is 10.1 Å². The maximum atomic E-state index is 11.7. The van der Waals surface area contributed by atoms with E-state index in [-0.39, 0.29) is 31.2 Å². The molecular weight excluding hydrogens is 312 g/mol. The first-order chi connectivity index (χ1) is 11.5. The van der Waals surface area contributed by atoms with Gasteiger partial charge in [0.2, 0.25) is 5.91 Å². The predicted molar refractivity (Wildman–Crippen MR) is 91.0 cm³/mol. The van der Waals surface area contributed by atoms with Crippen molar-refractivity contribution in [3.05, 3.63) is 33.9 Å². The van der Waals surface area contributed by atoms with E-state index in [1.165, 1.54) is 12.1 Å². The highest BCUT2D eigenvalue weighted by Crippen LogP contribution is 2.26. The number of aliphatic hydroxyl groups excluding tert-OH is 1. The molecule has 0 atom stereocenters. The molecule has 1 heterocycles. The number of anilines is 1. The van der Waals surface area contributed by atoms with Gasteiger partial charge in [-0.15, -0.1) is 0 Å². The fourth-order valence-electron chi connectivity index (χ4n) is 2.70. The lowest BCUT2D eigenvalue weighted by Gasteiger charge is -2.35. The number of rotatable bonds is 7. The van der Waals surface area contributed by atoms with Gasteiger partial charge in [-0.1, -0.05) is 0 Å². The number of nitrogens with zero attached hydrogens (tertiary/aromatic N) is 3. The van der Waals surface area contributed by atoms with Crippen molar-refractivity contribution < 1.29 is 14.8 Å². The van der Waals surface area contributed by atoms with Crippen molar-refractivity contribution >= 4 is 17.3 Å². The topological polar surface area (TPSA) is 99.0 Å². The van der Waals surface area contributed by atoms with Crippen LogP contribution in [-0.2, 0) is 11.3 Å². The number of carbonyl (C=O) groups excluding carboxylic acids is 1. The van der Waals surface area contributed by atoms with Crippen molar-refractivity contribution in [3.8, 4) is 0 Å². The molecule has 0 spiro atoms. The first-order valence-corrected chi connectivity index (χ1v) is 8.09. The molecule has 8 heteroatoms. The van der Waals surface area contributed by atoms with Gasteiger partial charge in [0.15, 0.2) is 0 Å². The Hall–Kier alpha value is -2.19. The lowest BCUT2D eigenvalue weighted by molar-refractivity contribution is -0.384. The molecule has 0 bridgehead atoms. The Morgan fingerprint density at radius 2 is 2.04 bits per heavy atom. The van der Waals surface area contributed by atoms with Gasteiger partial charge in [-0.25, -0.2) is 0 Å². The summed E-state index contributed by atoms with van der Waals surface area (Å²) in [5.74, 6) is -0.167. The van der Waals surface area contributed by atoms with Crippen molar-refractivity contribution in [1.29, 1.82) is 0 Å². The number of likely N-dealkylation sites (N-methyl/N-ethyl adjacent to an activating group) is 1. The smallest absolute Gasteiger partial charge is 0.269 e. The van der Waals surface area contributed by atoms with Crippen LogP contribution in [0.3, 0.4) is 0 Å². The fraction of sp³-hybridized carbons (Fsp3) is 0.562. The second-order valence-electron chi connectivity index (χ2n) is 5.96. The van der Waals surface area contributed by atoms with Gasteiger partial charge in [0, 0.05) is 69.1 Å². The first-order valence-electron chi connectivity index (χ1n) is 8.09. The molecule has 1 aromatic carbocycles. The average Bonchev–Trinajstić information content (AvgIpc) is 2.58. The lowest BCUT2D eigenvalue weighted by Crippen LogP contribution is -2.45. The summed E-state index contributed by atoms with van der Waals surface area (Å²) >= 11 is 0. The molecule has 0 radical (unpaired) electrons. The van der Waals surface area contributed by atoms with Gasteiger partial charge in [-0.3, -0.25) is 14.9 Å². The molecule has 1 aromatic rings. The molecule has 0 saturated carbocycles. The number of hydrogen-bond donors (Lipinski definition) is 2. The van der Waals surface area contributed by atoms with Crippen molar-refractivity contribution in [2.75, 3.05) is 44.7 Å². The van der Waals surface area contributed by atoms with E-state index in [1.807, 2.05) is 0 Å². The van der Waals surface area contributed by atoms with Gasteiger partial charge in [-0.2, -0.15) is 0 Å². The van der Waals surface area contributed by atoms with Crippen molar-refractivity contribution in [2.24, 2.45) is 0 Å². The molecule has 0 aromatic heterocycles. The Balaban J connectivity index is 2.13. The molecular formula is C16H24N4O4. The minimum Gasteiger partial charge on any atom is -0.396 e. The molecule has 1 fully saturated rings. The highest BCUT2D eigenvalue weighted by molar-refractivity contribution is 5.76. The van der Waals surface area contributed by atoms with Gasteiger partial charge < -0.3 is 20.2 Å². The zero-order chi connectivity index (χ0) is 17.5. The number of amides is 1. The molecule has 1 aliphatic rings. The molecule has 2 N–H and O–H groups in total. The third kappa shape index (κ3) is 4.90. The monoisotopic (exact) mass is 336 g/mol. The van der Waals surface area contributed by atoms with Crippen LogP contribution in [0.4, 0.5) is 11.4 Å². The standard InChI is InChI=1S/C16H24N4O4/c1-18-6-8-19(9-7-18)15-5-4-14(20(23)24)11-13(15)12-17-16(22)3-2-10-21/h4-5,11,21H,2-3,6-10,12H2,1H3,(H,17,22). The maximum Gasteiger partial charge on any atom is 0.269 e. The Labute approximate surface area is 141 Å². The summed E-state index contributed by atoms with van der Waals surface area (Å²) in [6, 6.07) is 4.80. The van der Waals surface area contributed by atoms with Crippen molar-refractivity contribution in [1.82, 2.24) is 10.2 Å². The summed E-state index contributed by atoms with van der Waals surface area (Å²) < 4.78 is 0. The predicted octanol–water partition coefficient (Wildman–Crippen LogP) is 0.735. The number of piperazine rings is 1. The maximum absolute atomic E-state index is 11.7. The number of benzene rings is 1. The Kier molecular flexibility index (Phi) is 6.51. The van der Waals surface area contributed by atoms with Crippen LogP contribution in [0.15, 0.2) is 18.2 Å². The molecule has 0 unspecified atom stereocenters. The molecule has 1 amide bonds. The van der Waals surface area contributed by atoms with Crippen LogP contribution in [-0.4, -0.2) is 60.7 Å². The lowest BCUT2D eigenvalue weighted by atomic mass is 10.1. The summed E-state index contributed by atoms with van der Waals surface area (Å²) in [7, 11) is 2.06. The van der Waals surface area contributed by atoms with Gasteiger partial charge in [0.1, 0.15) is 0 Å². The normalized spacial score (nSPS) is 15.3. The zero-order valence-corrected chi connectivity index (χ0v) is 13.9. The quantitative estimate of drug-likeness (QED) is 0.563. The summed E-state index contributed by atoms with van der Waals surface area (Å²) in [6.45, 7) is 3.77. The second-order valence-corrected chi connectivity index (χ2v) is 5.96. The van der Waals surface area contributed by atoms with E-state index in [4.69, 9.17) is 5.11 Å². The van der Waals surface area contributed by atoms with Crippen LogP contribution >= 0.6 is 0 Å². The summed E-state index contributed by atoms with van der Waals surface area (Å²) in [5, 5.41) is 22.6. The van der Waals surface area contributed by atoms with Crippen molar-refractivity contribution in [3.63, 3.8) is 0 Å². The Bertz CT molecular complexity index is 585. The van der Waals surface area contributed by atoms with Crippen LogP contribution in [0.25, 0.3) is 0 Å². The van der Waals surface area contributed by atoms with Crippen LogP contribution in [0.5, 0.6) is 0 Å². The third-order valence-electron chi connectivity index (χ3n) is 4.16. The zero-order valence-electron chi connectivity index (χ0n) is 13.9. The number of nitro benzene ring substituents is 1. The second kappa shape index (κ2) is 8.60. The number of nitro groups is 1. The molecule has 2 rings (SSSR count). The van der Waals surface area contributed by atoms with Gasteiger partial charge in [0.25, 0.3) is 5.69 Å². The molecule has 1 saturated heterocycles. The van der Waals surface area contributed by atoms with Crippen LogP contribution in [0.1, 0.15) is 18.4 Å². The molecule has 24 heavy (non-hydrogen) atoms. The molecule has 1 aliphatic heterocycles. The number of hydrogen-bond acceptors (Lipinski definition) is 6.